The summed E-state index contributed by atoms with van der Waals surface area (Å²) < 4.78 is 40.3. The standard InChI is InChI=1S/C20H14F3N7O2/c1-11-14(10-24)18(25)27-19(26-12-5-3-2-4-6-12)17(11)29-28-16-8-7-13(30(31)32)9-15(16)20(21,22)23/h2-9H,1H3,(H3,25,26,27)/b29-28+. The van der Waals surface area contributed by atoms with Crippen molar-refractivity contribution in [3.63, 3.8) is 0 Å². The number of benzene rings is 2. The van der Waals surface area contributed by atoms with E-state index in [0.29, 0.717) is 11.8 Å². The van der Waals surface area contributed by atoms with Gasteiger partial charge in [-0.05, 0) is 25.1 Å². The van der Waals surface area contributed by atoms with Gasteiger partial charge in [0.25, 0.3) is 5.69 Å². The average molecular weight is 441 g/mol. The van der Waals surface area contributed by atoms with Crippen LogP contribution < -0.4 is 11.1 Å². The average Bonchev–Trinajstić information content (AvgIpc) is 2.73. The number of hydrogen-bond donors (Lipinski definition) is 2. The molecule has 162 valence electrons. The molecular weight excluding hydrogens is 427 g/mol. The van der Waals surface area contributed by atoms with Gasteiger partial charge in [-0.25, -0.2) is 4.98 Å². The van der Waals surface area contributed by atoms with E-state index in [1.807, 2.05) is 6.07 Å². The SMILES string of the molecule is Cc1c(C#N)c(N)nc(Nc2ccccc2)c1/N=N/c1ccc([N+](=O)[O-])cc1C(F)(F)F. The summed E-state index contributed by atoms with van der Waals surface area (Å²) in [5.74, 6) is -0.0156. The van der Waals surface area contributed by atoms with Crippen molar-refractivity contribution in [3.8, 4) is 6.07 Å². The number of halogens is 3. The van der Waals surface area contributed by atoms with Gasteiger partial charge < -0.3 is 11.1 Å². The Morgan fingerprint density at radius 3 is 2.47 bits per heavy atom. The quantitative estimate of drug-likeness (QED) is 0.285. The molecule has 0 fully saturated rings. The first-order valence-electron chi connectivity index (χ1n) is 8.91. The number of hydrogen-bond acceptors (Lipinski definition) is 8. The highest BCUT2D eigenvalue weighted by atomic mass is 19.4. The number of nitro benzene ring substituents is 1. The summed E-state index contributed by atoms with van der Waals surface area (Å²) in [6.45, 7) is 1.50. The lowest BCUT2D eigenvalue weighted by Gasteiger charge is -2.13. The molecule has 1 heterocycles. The van der Waals surface area contributed by atoms with Crippen LogP contribution in [0.2, 0.25) is 0 Å². The van der Waals surface area contributed by atoms with Gasteiger partial charge in [0.2, 0.25) is 0 Å². The Morgan fingerprint density at radius 2 is 1.88 bits per heavy atom. The van der Waals surface area contributed by atoms with Gasteiger partial charge in [0, 0.05) is 23.4 Å². The van der Waals surface area contributed by atoms with Crippen molar-refractivity contribution < 1.29 is 18.1 Å². The number of nitro groups is 1. The van der Waals surface area contributed by atoms with E-state index in [2.05, 4.69) is 20.5 Å². The van der Waals surface area contributed by atoms with Crippen LogP contribution in [0.4, 0.5) is 47.6 Å². The number of para-hydroxylation sites is 1. The minimum absolute atomic E-state index is 0.00249. The van der Waals surface area contributed by atoms with Crippen LogP contribution in [-0.4, -0.2) is 9.91 Å². The van der Waals surface area contributed by atoms with Crippen LogP contribution >= 0.6 is 0 Å². The minimum atomic E-state index is -4.91. The predicted octanol–water partition coefficient (Wildman–Crippen LogP) is 5.93. The van der Waals surface area contributed by atoms with E-state index in [4.69, 9.17) is 5.73 Å². The Labute approximate surface area is 179 Å². The first kappa shape index (κ1) is 22.2. The number of anilines is 3. The van der Waals surface area contributed by atoms with E-state index in [-0.39, 0.29) is 28.5 Å². The van der Waals surface area contributed by atoms with Crippen molar-refractivity contribution in [2.75, 3.05) is 11.1 Å². The molecule has 0 radical (unpaired) electrons. The molecule has 0 saturated heterocycles. The van der Waals surface area contributed by atoms with Crippen molar-refractivity contribution in [2.24, 2.45) is 10.2 Å². The summed E-state index contributed by atoms with van der Waals surface area (Å²) in [5.41, 5.74) is 3.96. The van der Waals surface area contributed by atoms with E-state index < -0.39 is 28.0 Å². The molecule has 0 bridgehead atoms. The number of nitrogen functional groups attached to an aromatic ring is 1. The Hall–Kier alpha value is -4.53. The maximum atomic E-state index is 13.4. The van der Waals surface area contributed by atoms with E-state index in [0.717, 1.165) is 12.1 Å². The van der Waals surface area contributed by atoms with E-state index >= 15 is 0 Å². The molecule has 0 amide bonds. The van der Waals surface area contributed by atoms with Gasteiger partial charge in [-0.3, -0.25) is 10.1 Å². The Kier molecular flexibility index (Phi) is 6.01. The Balaban J connectivity index is 2.14. The fourth-order valence-corrected chi connectivity index (χ4v) is 2.78. The summed E-state index contributed by atoms with van der Waals surface area (Å²) in [5, 5.41) is 30.7. The third-order valence-corrected chi connectivity index (χ3v) is 4.35. The van der Waals surface area contributed by atoms with Crippen molar-refractivity contribution in [1.29, 1.82) is 5.26 Å². The minimum Gasteiger partial charge on any atom is -0.383 e. The molecular formula is C20H14F3N7O2. The third kappa shape index (κ3) is 4.62. The smallest absolute Gasteiger partial charge is 0.383 e. The Morgan fingerprint density at radius 1 is 1.19 bits per heavy atom. The predicted molar refractivity (Wildman–Crippen MR) is 110 cm³/mol. The van der Waals surface area contributed by atoms with Gasteiger partial charge >= 0.3 is 6.18 Å². The zero-order valence-corrected chi connectivity index (χ0v) is 16.4. The molecule has 32 heavy (non-hydrogen) atoms. The first-order valence-corrected chi connectivity index (χ1v) is 8.91. The monoisotopic (exact) mass is 441 g/mol. The molecule has 3 aromatic rings. The highest BCUT2D eigenvalue weighted by molar-refractivity contribution is 5.76. The molecule has 0 aliphatic carbocycles. The highest BCUT2D eigenvalue weighted by Gasteiger charge is 2.35. The number of nitrogens with one attached hydrogen (secondary N) is 1. The second-order valence-corrected chi connectivity index (χ2v) is 6.45. The number of aromatic nitrogens is 1. The zero-order valence-electron chi connectivity index (χ0n) is 16.4. The van der Waals surface area contributed by atoms with Crippen LogP contribution in [0.25, 0.3) is 0 Å². The number of azo groups is 1. The third-order valence-electron chi connectivity index (χ3n) is 4.35. The van der Waals surface area contributed by atoms with Gasteiger partial charge in [0.15, 0.2) is 5.82 Å². The van der Waals surface area contributed by atoms with Crippen molar-refractivity contribution >= 4 is 34.4 Å². The van der Waals surface area contributed by atoms with Crippen LogP contribution in [0.1, 0.15) is 16.7 Å². The zero-order chi connectivity index (χ0) is 23.5. The van der Waals surface area contributed by atoms with Crippen LogP contribution in [0.3, 0.4) is 0 Å². The van der Waals surface area contributed by atoms with Gasteiger partial charge in [-0.15, -0.1) is 10.2 Å². The second kappa shape index (κ2) is 8.68. The molecule has 3 N–H and O–H groups in total. The molecule has 9 nitrogen and oxygen atoms in total. The van der Waals surface area contributed by atoms with Crippen LogP contribution in [0.15, 0.2) is 58.8 Å². The number of nitriles is 1. The number of nitrogens with two attached hydrogens (primary N) is 1. The molecule has 0 spiro atoms. The number of alkyl halides is 3. The normalized spacial score (nSPS) is 11.3. The fraction of sp³-hybridized carbons (Fsp3) is 0.100. The number of rotatable bonds is 5. The summed E-state index contributed by atoms with van der Waals surface area (Å²) in [7, 11) is 0. The van der Waals surface area contributed by atoms with Crippen LogP contribution in [-0.2, 0) is 6.18 Å². The van der Waals surface area contributed by atoms with E-state index in [1.54, 1.807) is 30.3 Å². The largest absolute Gasteiger partial charge is 0.418 e. The van der Waals surface area contributed by atoms with Gasteiger partial charge in [0.05, 0.1) is 21.7 Å². The first-order chi connectivity index (χ1) is 15.1. The summed E-state index contributed by atoms with van der Waals surface area (Å²) >= 11 is 0. The summed E-state index contributed by atoms with van der Waals surface area (Å²) in [6.07, 6.45) is -4.91. The van der Waals surface area contributed by atoms with Crippen molar-refractivity contribution in [3.05, 3.63) is 75.3 Å². The van der Waals surface area contributed by atoms with Crippen molar-refractivity contribution in [1.82, 2.24) is 4.98 Å². The highest BCUT2D eigenvalue weighted by Crippen LogP contribution is 2.40. The molecule has 3 rings (SSSR count). The molecule has 0 aliphatic heterocycles. The molecule has 1 aromatic heterocycles. The lowest BCUT2D eigenvalue weighted by atomic mass is 10.1. The lowest BCUT2D eigenvalue weighted by molar-refractivity contribution is -0.385. The van der Waals surface area contributed by atoms with Crippen LogP contribution in [0, 0.1) is 28.4 Å². The maximum absolute atomic E-state index is 13.4. The number of non-ortho nitro benzene ring substituents is 1. The second-order valence-electron chi connectivity index (χ2n) is 6.45. The van der Waals surface area contributed by atoms with Gasteiger partial charge in [-0.2, -0.15) is 18.4 Å². The number of pyridine rings is 1. The Bertz CT molecular complexity index is 1250. The lowest BCUT2D eigenvalue weighted by Crippen LogP contribution is -2.06. The maximum Gasteiger partial charge on any atom is 0.418 e. The molecule has 12 heteroatoms. The number of nitrogens with zero attached hydrogens (tertiary/aromatic N) is 5. The van der Waals surface area contributed by atoms with Crippen molar-refractivity contribution in [2.45, 2.75) is 13.1 Å². The van der Waals surface area contributed by atoms with Crippen LogP contribution in [0.5, 0.6) is 0 Å². The molecule has 0 aliphatic rings. The molecule has 2 aromatic carbocycles. The summed E-state index contributed by atoms with van der Waals surface area (Å²) in [6, 6.07) is 12.7. The van der Waals surface area contributed by atoms with E-state index in [1.165, 1.54) is 6.92 Å². The van der Waals surface area contributed by atoms with E-state index in [9.17, 15) is 28.5 Å². The molecule has 0 saturated carbocycles. The molecule has 0 unspecified atom stereocenters. The van der Waals surface area contributed by atoms with Gasteiger partial charge in [0.1, 0.15) is 17.6 Å². The van der Waals surface area contributed by atoms with Gasteiger partial charge in [-0.1, -0.05) is 18.2 Å². The topological polar surface area (TPSA) is 143 Å². The fourth-order valence-electron chi connectivity index (χ4n) is 2.78. The molecule has 0 atom stereocenters. The summed E-state index contributed by atoms with van der Waals surface area (Å²) in [4.78, 5) is 14.0.